The van der Waals surface area contributed by atoms with Crippen molar-refractivity contribution in [2.24, 2.45) is 0 Å². The summed E-state index contributed by atoms with van der Waals surface area (Å²) in [6.07, 6.45) is 1.83. The highest BCUT2D eigenvalue weighted by Gasteiger charge is 2.10. The minimum Gasteiger partial charge on any atom is -0.339 e. The molecular weight excluding hydrogens is 144 g/mol. The van der Waals surface area contributed by atoms with E-state index >= 15 is 0 Å². The lowest BCUT2D eigenvalue weighted by atomic mass is 10.0. The first kappa shape index (κ1) is 7.61. The van der Waals surface area contributed by atoms with Crippen LogP contribution in [0.3, 0.4) is 0 Å². The van der Waals surface area contributed by atoms with E-state index in [4.69, 9.17) is 5.26 Å². The zero-order valence-electron chi connectivity index (χ0n) is 6.13. The highest BCUT2D eigenvalue weighted by Crippen LogP contribution is 2.12. The van der Waals surface area contributed by atoms with Gasteiger partial charge in [-0.1, -0.05) is 6.92 Å². The zero-order chi connectivity index (χ0) is 8.27. The predicted molar refractivity (Wildman–Crippen MR) is 38.0 cm³/mol. The number of rotatable bonds is 2. The van der Waals surface area contributed by atoms with Gasteiger partial charge >= 0.3 is 5.63 Å². The Kier molecular flexibility index (Phi) is 2.12. The smallest absolute Gasteiger partial charge is 0.339 e. The fraction of sp³-hybridized carbons (Fsp3) is 0.429. The van der Waals surface area contributed by atoms with Crippen LogP contribution in [0.1, 0.15) is 24.8 Å². The van der Waals surface area contributed by atoms with Crippen molar-refractivity contribution in [1.82, 2.24) is 5.16 Å². The summed E-state index contributed by atoms with van der Waals surface area (Å²) < 4.78 is 4.44. The van der Waals surface area contributed by atoms with Gasteiger partial charge in [0.05, 0.1) is 11.6 Å². The highest BCUT2D eigenvalue weighted by molar-refractivity contribution is 5.09. The monoisotopic (exact) mass is 152 g/mol. The minimum atomic E-state index is -0.382. The molecule has 4 heteroatoms. The molecule has 1 aromatic heterocycles. The van der Waals surface area contributed by atoms with Gasteiger partial charge in [0, 0.05) is 18.5 Å². The Balaban J connectivity index is 2.86. The summed E-state index contributed by atoms with van der Waals surface area (Å²) in [5.41, 5.74) is 0.152. The van der Waals surface area contributed by atoms with Gasteiger partial charge in [0.1, 0.15) is 0 Å². The molecule has 11 heavy (non-hydrogen) atoms. The molecule has 1 rings (SSSR count). The van der Waals surface area contributed by atoms with E-state index in [1.165, 1.54) is 6.20 Å². The van der Waals surface area contributed by atoms with Crippen LogP contribution in [0.15, 0.2) is 15.5 Å². The summed E-state index contributed by atoms with van der Waals surface area (Å²) in [5, 5.41) is 10.7. The Morgan fingerprint density at radius 1 is 1.91 bits per heavy atom. The van der Waals surface area contributed by atoms with Gasteiger partial charge < -0.3 is 4.52 Å². The van der Waals surface area contributed by atoms with Gasteiger partial charge in [0.2, 0.25) is 0 Å². The lowest BCUT2D eigenvalue weighted by molar-refractivity contribution is 0.389. The fourth-order valence-electron chi connectivity index (χ4n) is 0.855. The first-order chi connectivity index (χ1) is 5.25. The third-order valence-electron chi connectivity index (χ3n) is 1.53. The second-order valence-corrected chi connectivity index (χ2v) is 2.37. The average molecular weight is 152 g/mol. The minimum absolute atomic E-state index is 0.0532. The van der Waals surface area contributed by atoms with Crippen molar-refractivity contribution < 1.29 is 4.52 Å². The standard InChI is InChI=1S/C7H8N2O2/c1-5(2-3-8)6-4-9-11-7(6)10/h4-5,9H,2H2,1H3/t5-/m0/s1. The summed E-state index contributed by atoms with van der Waals surface area (Å²) in [4.78, 5) is 10.8. The Bertz CT molecular complexity index is 318. The lowest BCUT2D eigenvalue weighted by Gasteiger charge is -1.97. The summed E-state index contributed by atoms with van der Waals surface area (Å²) in [6.45, 7) is 1.81. The van der Waals surface area contributed by atoms with E-state index in [1.54, 1.807) is 0 Å². The van der Waals surface area contributed by atoms with Gasteiger partial charge in [-0.05, 0) is 0 Å². The Hall–Kier alpha value is -1.50. The summed E-state index contributed by atoms with van der Waals surface area (Å²) in [5.74, 6) is -0.0532. The van der Waals surface area contributed by atoms with Crippen LogP contribution in [-0.2, 0) is 0 Å². The first-order valence-corrected chi connectivity index (χ1v) is 3.29. The predicted octanol–water partition coefficient (Wildman–Crippen LogP) is 0.985. The summed E-state index contributed by atoms with van der Waals surface area (Å²) in [6, 6.07) is 1.99. The van der Waals surface area contributed by atoms with E-state index in [9.17, 15) is 4.79 Å². The fourth-order valence-corrected chi connectivity index (χ4v) is 0.855. The molecule has 1 N–H and O–H groups in total. The van der Waals surface area contributed by atoms with Crippen molar-refractivity contribution in [3.8, 4) is 6.07 Å². The second-order valence-electron chi connectivity index (χ2n) is 2.37. The van der Waals surface area contributed by atoms with Crippen LogP contribution in [0, 0.1) is 11.3 Å². The number of aromatic amines is 1. The van der Waals surface area contributed by atoms with Crippen LogP contribution in [0.25, 0.3) is 0 Å². The molecule has 0 aromatic carbocycles. The van der Waals surface area contributed by atoms with E-state index in [0.29, 0.717) is 12.0 Å². The van der Waals surface area contributed by atoms with Gasteiger partial charge in [-0.25, -0.2) is 9.95 Å². The topological polar surface area (TPSA) is 69.8 Å². The van der Waals surface area contributed by atoms with Gasteiger partial charge in [-0.2, -0.15) is 5.26 Å². The number of H-pyrrole nitrogens is 1. The zero-order valence-corrected chi connectivity index (χ0v) is 6.13. The lowest BCUT2D eigenvalue weighted by Crippen LogP contribution is -2.04. The van der Waals surface area contributed by atoms with Gasteiger partial charge in [-0.15, -0.1) is 0 Å². The quantitative estimate of drug-likeness (QED) is 0.686. The molecule has 0 saturated heterocycles. The molecule has 0 spiro atoms. The summed E-state index contributed by atoms with van der Waals surface area (Å²) >= 11 is 0. The van der Waals surface area contributed by atoms with Crippen LogP contribution < -0.4 is 5.63 Å². The average Bonchev–Trinajstić information content (AvgIpc) is 2.36. The van der Waals surface area contributed by atoms with Gasteiger partial charge in [0.25, 0.3) is 0 Å². The largest absolute Gasteiger partial charge is 0.360 e. The summed E-state index contributed by atoms with van der Waals surface area (Å²) in [7, 11) is 0. The van der Waals surface area contributed by atoms with Crippen molar-refractivity contribution in [3.05, 3.63) is 22.2 Å². The molecule has 0 saturated carbocycles. The molecule has 0 aliphatic carbocycles. The number of aromatic nitrogens is 1. The molecule has 1 heterocycles. The number of hydrogen-bond acceptors (Lipinski definition) is 3. The second kappa shape index (κ2) is 3.06. The Labute approximate surface area is 63.4 Å². The van der Waals surface area contributed by atoms with E-state index in [-0.39, 0.29) is 11.5 Å². The van der Waals surface area contributed by atoms with Gasteiger partial charge in [0.15, 0.2) is 0 Å². The van der Waals surface area contributed by atoms with Crippen LogP contribution in [0.4, 0.5) is 0 Å². The van der Waals surface area contributed by atoms with Crippen molar-refractivity contribution in [3.63, 3.8) is 0 Å². The SMILES string of the molecule is C[C@@H](CC#N)c1c[nH]oc1=O. The molecule has 58 valence electrons. The molecule has 0 amide bonds. The van der Waals surface area contributed by atoms with Crippen molar-refractivity contribution in [2.45, 2.75) is 19.3 Å². The molecule has 0 radical (unpaired) electrons. The third-order valence-corrected chi connectivity index (χ3v) is 1.53. The van der Waals surface area contributed by atoms with Crippen LogP contribution in [0.2, 0.25) is 0 Å². The number of nitrogens with one attached hydrogen (secondary N) is 1. The third kappa shape index (κ3) is 1.49. The van der Waals surface area contributed by atoms with Crippen LogP contribution in [0.5, 0.6) is 0 Å². The molecule has 0 bridgehead atoms. The molecular formula is C7H8N2O2. The van der Waals surface area contributed by atoms with Crippen molar-refractivity contribution in [2.75, 3.05) is 0 Å². The molecule has 4 nitrogen and oxygen atoms in total. The first-order valence-electron chi connectivity index (χ1n) is 3.29. The van der Waals surface area contributed by atoms with E-state index in [2.05, 4.69) is 9.68 Å². The Morgan fingerprint density at radius 3 is 3.09 bits per heavy atom. The number of nitrogens with zero attached hydrogens (tertiary/aromatic N) is 1. The van der Waals surface area contributed by atoms with Crippen molar-refractivity contribution >= 4 is 0 Å². The van der Waals surface area contributed by atoms with E-state index in [0.717, 1.165) is 0 Å². The van der Waals surface area contributed by atoms with Crippen LogP contribution >= 0.6 is 0 Å². The maximum atomic E-state index is 10.8. The molecule has 1 aromatic rings. The molecule has 0 aliphatic rings. The maximum Gasteiger partial charge on any atom is 0.360 e. The Morgan fingerprint density at radius 2 is 2.64 bits per heavy atom. The van der Waals surface area contributed by atoms with E-state index < -0.39 is 0 Å². The molecule has 1 atom stereocenters. The normalized spacial score (nSPS) is 12.4. The van der Waals surface area contributed by atoms with Crippen LogP contribution in [-0.4, -0.2) is 5.16 Å². The molecule has 0 aliphatic heterocycles. The maximum absolute atomic E-state index is 10.8. The molecule has 0 unspecified atom stereocenters. The van der Waals surface area contributed by atoms with Gasteiger partial charge in [-0.3, -0.25) is 0 Å². The van der Waals surface area contributed by atoms with Crippen molar-refractivity contribution in [1.29, 1.82) is 5.26 Å². The highest BCUT2D eigenvalue weighted by atomic mass is 16.5. The number of nitriles is 1. The molecule has 0 fully saturated rings. The van der Waals surface area contributed by atoms with E-state index in [1.807, 2.05) is 13.0 Å². The number of hydrogen-bond donors (Lipinski definition) is 1.